The number of carboxylic acids is 1. The van der Waals surface area contributed by atoms with E-state index in [0.29, 0.717) is 24.0 Å². The summed E-state index contributed by atoms with van der Waals surface area (Å²) >= 11 is 0. The molecule has 0 amide bonds. The van der Waals surface area contributed by atoms with Crippen molar-refractivity contribution in [2.75, 3.05) is 0 Å². The number of halogens is 1. The van der Waals surface area contributed by atoms with Crippen LogP contribution < -0.4 is 9.46 Å². The van der Waals surface area contributed by atoms with Gasteiger partial charge in [-0.15, -0.1) is 0 Å². The summed E-state index contributed by atoms with van der Waals surface area (Å²) in [5.41, 5.74) is 1.13. The van der Waals surface area contributed by atoms with Crippen LogP contribution in [0.15, 0.2) is 77.7 Å². The highest BCUT2D eigenvalue weighted by atomic mass is 32.2. The number of benzene rings is 3. The van der Waals surface area contributed by atoms with Gasteiger partial charge in [-0.1, -0.05) is 42.5 Å². The fraction of sp³-hybridized carbons (Fsp3) is 0.0952. The van der Waals surface area contributed by atoms with Crippen molar-refractivity contribution in [3.8, 4) is 5.75 Å². The molecule has 8 heteroatoms. The number of carboxylic acid groups (broad SMARTS) is 1. The summed E-state index contributed by atoms with van der Waals surface area (Å²) in [6, 6.07) is 19.2. The monoisotopic (exact) mass is 415 g/mol. The lowest BCUT2D eigenvalue weighted by Gasteiger charge is -2.09. The molecule has 0 heterocycles. The van der Waals surface area contributed by atoms with E-state index in [1.54, 1.807) is 24.3 Å². The van der Waals surface area contributed by atoms with Crippen LogP contribution in [0.25, 0.3) is 0 Å². The standard InChI is InChI=1S/C21H18FNO5S/c22-20-12-18(10-11-19(20)21(24)25)29(26,27)23-13-15-6-8-17(9-7-15)28-14-16-4-2-1-3-5-16/h1-12,23H,13-14H2,(H,24,25). The van der Waals surface area contributed by atoms with E-state index in [9.17, 15) is 17.6 Å². The number of hydrogen-bond acceptors (Lipinski definition) is 4. The molecule has 0 aliphatic heterocycles. The van der Waals surface area contributed by atoms with Crippen LogP contribution in [0.5, 0.6) is 5.75 Å². The lowest BCUT2D eigenvalue weighted by atomic mass is 10.2. The minimum absolute atomic E-state index is 0.0103. The van der Waals surface area contributed by atoms with Crippen molar-refractivity contribution in [1.82, 2.24) is 4.72 Å². The van der Waals surface area contributed by atoms with Crippen LogP contribution in [-0.2, 0) is 23.2 Å². The molecule has 150 valence electrons. The summed E-state index contributed by atoms with van der Waals surface area (Å²) in [6.07, 6.45) is 0. The van der Waals surface area contributed by atoms with Crippen molar-refractivity contribution in [1.29, 1.82) is 0 Å². The first-order chi connectivity index (χ1) is 13.8. The third kappa shape index (κ3) is 5.40. The molecule has 3 aromatic carbocycles. The summed E-state index contributed by atoms with van der Waals surface area (Å²) in [5.74, 6) is -1.93. The van der Waals surface area contributed by atoms with Crippen molar-refractivity contribution in [2.45, 2.75) is 18.0 Å². The van der Waals surface area contributed by atoms with Gasteiger partial charge in [-0.3, -0.25) is 0 Å². The maximum Gasteiger partial charge on any atom is 0.338 e. The normalized spacial score (nSPS) is 11.2. The van der Waals surface area contributed by atoms with Gasteiger partial charge in [0, 0.05) is 6.54 Å². The largest absolute Gasteiger partial charge is 0.489 e. The topological polar surface area (TPSA) is 92.7 Å². The first kappa shape index (κ1) is 20.5. The van der Waals surface area contributed by atoms with Gasteiger partial charge in [-0.25, -0.2) is 22.3 Å². The van der Waals surface area contributed by atoms with Crippen molar-refractivity contribution in [3.63, 3.8) is 0 Å². The Bertz CT molecular complexity index is 1100. The van der Waals surface area contributed by atoms with Crippen molar-refractivity contribution in [3.05, 3.63) is 95.3 Å². The number of carbonyl (C=O) groups is 1. The molecule has 0 atom stereocenters. The molecule has 0 saturated carbocycles. The molecule has 0 aliphatic carbocycles. The molecule has 2 N–H and O–H groups in total. The van der Waals surface area contributed by atoms with Crippen LogP contribution in [-0.4, -0.2) is 19.5 Å². The van der Waals surface area contributed by atoms with Gasteiger partial charge in [0.1, 0.15) is 18.2 Å². The summed E-state index contributed by atoms with van der Waals surface area (Å²) < 4.78 is 46.4. The van der Waals surface area contributed by atoms with Crippen LogP contribution in [0.4, 0.5) is 4.39 Å². The number of nitrogens with one attached hydrogen (secondary N) is 1. The molecule has 0 bridgehead atoms. The molecule has 29 heavy (non-hydrogen) atoms. The van der Waals surface area contributed by atoms with Crippen molar-refractivity contribution >= 4 is 16.0 Å². The molecule has 3 aromatic rings. The third-order valence-corrected chi connectivity index (χ3v) is 5.52. The quantitative estimate of drug-likeness (QED) is 0.587. The van der Waals surface area contributed by atoms with E-state index >= 15 is 0 Å². The molecule has 0 aliphatic rings. The first-order valence-electron chi connectivity index (χ1n) is 8.63. The second-order valence-corrected chi connectivity index (χ2v) is 7.96. The Labute approximate surface area is 167 Å². The highest BCUT2D eigenvalue weighted by Crippen LogP contribution is 2.17. The molecular weight excluding hydrogens is 397 g/mol. The van der Waals surface area contributed by atoms with Crippen LogP contribution in [0.1, 0.15) is 21.5 Å². The van der Waals surface area contributed by atoms with Gasteiger partial charge in [0.25, 0.3) is 0 Å². The van der Waals surface area contributed by atoms with Gasteiger partial charge in [0.2, 0.25) is 10.0 Å². The summed E-state index contributed by atoms with van der Waals surface area (Å²) in [5, 5.41) is 8.82. The average Bonchev–Trinajstić information content (AvgIpc) is 2.72. The third-order valence-electron chi connectivity index (χ3n) is 4.12. The SMILES string of the molecule is O=C(O)c1ccc(S(=O)(=O)NCc2ccc(OCc3ccccc3)cc2)cc1F. The van der Waals surface area contributed by atoms with Gasteiger partial charge in [-0.05, 0) is 41.5 Å². The average molecular weight is 415 g/mol. The van der Waals surface area contributed by atoms with Crippen LogP contribution in [0.3, 0.4) is 0 Å². The summed E-state index contributed by atoms with van der Waals surface area (Å²) in [7, 11) is -3.99. The fourth-order valence-corrected chi connectivity index (χ4v) is 3.57. The number of rotatable bonds is 8. The maximum absolute atomic E-state index is 13.7. The summed E-state index contributed by atoms with van der Waals surface area (Å²) in [4.78, 5) is 10.5. The molecule has 0 radical (unpaired) electrons. The molecule has 3 rings (SSSR count). The second kappa shape index (κ2) is 8.85. The smallest absolute Gasteiger partial charge is 0.338 e. The summed E-state index contributed by atoms with van der Waals surface area (Å²) in [6.45, 7) is 0.411. The Morgan fingerprint density at radius 2 is 1.66 bits per heavy atom. The molecule has 0 spiro atoms. The van der Waals surface area contributed by atoms with E-state index < -0.39 is 27.4 Å². The van der Waals surface area contributed by atoms with Crippen molar-refractivity contribution in [2.24, 2.45) is 0 Å². The predicted octanol–water partition coefficient (Wildman–Crippen LogP) is 3.58. The van der Waals surface area contributed by atoms with Crippen molar-refractivity contribution < 1.29 is 27.4 Å². The number of sulfonamides is 1. The van der Waals surface area contributed by atoms with Gasteiger partial charge < -0.3 is 9.84 Å². The second-order valence-electron chi connectivity index (χ2n) is 6.19. The van der Waals surface area contributed by atoms with Gasteiger partial charge in [0.15, 0.2) is 0 Å². The molecule has 0 fully saturated rings. The van der Waals surface area contributed by atoms with Crippen LogP contribution in [0.2, 0.25) is 0 Å². The molecular formula is C21H18FNO5S. The van der Waals surface area contributed by atoms with E-state index in [4.69, 9.17) is 9.84 Å². The zero-order valence-corrected chi connectivity index (χ0v) is 16.0. The molecule has 0 aromatic heterocycles. The Morgan fingerprint density at radius 3 is 2.28 bits per heavy atom. The lowest BCUT2D eigenvalue weighted by Crippen LogP contribution is -2.23. The van der Waals surface area contributed by atoms with E-state index in [2.05, 4.69) is 4.72 Å². The molecule has 0 saturated heterocycles. The highest BCUT2D eigenvalue weighted by Gasteiger charge is 2.18. The van der Waals surface area contributed by atoms with E-state index in [1.165, 1.54) is 0 Å². The number of aromatic carboxylic acids is 1. The van der Waals surface area contributed by atoms with Crippen LogP contribution >= 0.6 is 0 Å². The van der Waals surface area contributed by atoms with E-state index in [-0.39, 0.29) is 11.4 Å². The first-order valence-corrected chi connectivity index (χ1v) is 10.1. The van der Waals surface area contributed by atoms with Crippen LogP contribution in [0, 0.1) is 5.82 Å². The Kier molecular flexibility index (Phi) is 6.26. The Balaban J connectivity index is 1.60. The van der Waals surface area contributed by atoms with Gasteiger partial charge in [0.05, 0.1) is 10.5 Å². The minimum atomic E-state index is -3.99. The zero-order chi connectivity index (χ0) is 20.9. The fourth-order valence-electron chi connectivity index (χ4n) is 2.54. The Morgan fingerprint density at radius 1 is 0.966 bits per heavy atom. The minimum Gasteiger partial charge on any atom is -0.489 e. The van der Waals surface area contributed by atoms with Gasteiger partial charge >= 0.3 is 5.97 Å². The number of hydrogen-bond donors (Lipinski definition) is 2. The predicted molar refractivity (Wildman–Crippen MR) is 105 cm³/mol. The highest BCUT2D eigenvalue weighted by molar-refractivity contribution is 7.89. The van der Waals surface area contributed by atoms with Gasteiger partial charge in [-0.2, -0.15) is 0 Å². The maximum atomic E-state index is 13.7. The Hall–Kier alpha value is -3.23. The number of ether oxygens (including phenoxy) is 1. The molecule has 6 nitrogen and oxygen atoms in total. The van der Waals surface area contributed by atoms with E-state index in [1.807, 2.05) is 30.3 Å². The van der Waals surface area contributed by atoms with E-state index in [0.717, 1.165) is 17.7 Å². The lowest BCUT2D eigenvalue weighted by molar-refractivity contribution is 0.0691. The zero-order valence-electron chi connectivity index (χ0n) is 15.2. The molecule has 0 unspecified atom stereocenters.